The Morgan fingerprint density at radius 3 is 0.747 bits per heavy atom. The van der Waals surface area contributed by atoms with Gasteiger partial charge in [0, 0.05) is 25.7 Å². The monoisotopic (exact) mass is 1340 g/mol. The number of rotatable bonds is 71. The Hall–Kier alpha value is -1.94. The molecule has 0 aliphatic rings. The van der Waals surface area contributed by atoms with Crippen LogP contribution in [-0.2, 0) is 65.4 Å². The summed E-state index contributed by atoms with van der Waals surface area (Å²) in [5.41, 5.74) is 0. The van der Waals surface area contributed by atoms with Gasteiger partial charge in [-0.3, -0.25) is 37.3 Å². The van der Waals surface area contributed by atoms with Crippen LogP contribution in [0.25, 0.3) is 0 Å². The van der Waals surface area contributed by atoms with Crippen LogP contribution in [0.15, 0.2) is 0 Å². The second kappa shape index (κ2) is 64.1. The molecule has 0 bridgehead atoms. The molecule has 0 amide bonds. The molecule has 0 radical (unpaired) electrons. The maximum absolute atomic E-state index is 13.0. The van der Waals surface area contributed by atoms with Crippen LogP contribution in [0.2, 0.25) is 0 Å². The summed E-state index contributed by atoms with van der Waals surface area (Å²) < 4.78 is 68.4. The van der Waals surface area contributed by atoms with Gasteiger partial charge in [-0.2, -0.15) is 0 Å². The van der Waals surface area contributed by atoms with E-state index in [-0.39, 0.29) is 25.7 Å². The molecule has 0 aliphatic heterocycles. The van der Waals surface area contributed by atoms with E-state index in [1.165, 1.54) is 186 Å². The van der Waals surface area contributed by atoms with Crippen molar-refractivity contribution in [2.45, 2.75) is 387 Å². The number of carbonyl (C=O) groups excluding carboxylic acids is 4. The van der Waals surface area contributed by atoms with Crippen molar-refractivity contribution < 1.29 is 80.2 Å². The quantitative estimate of drug-likeness (QED) is 0.0222. The largest absolute Gasteiger partial charge is 0.472 e. The van der Waals surface area contributed by atoms with Gasteiger partial charge in [-0.1, -0.05) is 318 Å². The molecule has 2 unspecified atom stereocenters. The fraction of sp³-hybridized carbons (Fsp3) is 0.944. The van der Waals surface area contributed by atoms with Crippen molar-refractivity contribution in [3.8, 4) is 0 Å². The molecular weight excluding hydrogens is 1200 g/mol. The lowest BCUT2D eigenvalue weighted by molar-refractivity contribution is -0.161. The van der Waals surface area contributed by atoms with E-state index in [4.69, 9.17) is 37.0 Å². The number of carbonyl (C=O) groups is 4. The molecule has 0 saturated carbocycles. The Kier molecular flexibility index (Phi) is 62.7. The van der Waals surface area contributed by atoms with Crippen molar-refractivity contribution in [3.05, 3.63) is 0 Å². The third-order valence-corrected chi connectivity index (χ3v) is 18.6. The van der Waals surface area contributed by atoms with E-state index in [1.807, 2.05) is 0 Å². The van der Waals surface area contributed by atoms with E-state index in [0.717, 1.165) is 102 Å². The molecule has 91 heavy (non-hydrogen) atoms. The number of ether oxygens (including phenoxy) is 4. The van der Waals surface area contributed by atoms with Crippen molar-refractivity contribution >= 4 is 39.5 Å². The molecule has 540 valence electrons. The highest BCUT2D eigenvalue weighted by Crippen LogP contribution is 2.45. The number of phosphoric ester groups is 2. The molecule has 17 nitrogen and oxygen atoms in total. The first-order valence-electron chi connectivity index (χ1n) is 37.5. The zero-order chi connectivity index (χ0) is 67.2. The van der Waals surface area contributed by atoms with E-state index in [2.05, 4.69) is 41.5 Å². The number of aliphatic hydroxyl groups excluding tert-OH is 1. The maximum atomic E-state index is 13.0. The molecule has 0 rings (SSSR count). The predicted molar refractivity (Wildman–Crippen MR) is 368 cm³/mol. The van der Waals surface area contributed by atoms with Crippen LogP contribution in [0.1, 0.15) is 369 Å². The molecule has 0 aromatic rings. The van der Waals surface area contributed by atoms with E-state index >= 15 is 0 Å². The van der Waals surface area contributed by atoms with Crippen LogP contribution in [0.3, 0.4) is 0 Å². The van der Waals surface area contributed by atoms with Crippen LogP contribution in [0.4, 0.5) is 0 Å². The first kappa shape index (κ1) is 89.1. The minimum Gasteiger partial charge on any atom is -0.462 e. The molecule has 0 heterocycles. The minimum atomic E-state index is -4.95. The first-order valence-corrected chi connectivity index (χ1v) is 40.5. The van der Waals surface area contributed by atoms with Gasteiger partial charge in [0.1, 0.15) is 19.3 Å². The average molecular weight is 1340 g/mol. The minimum absolute atomic E-state index is 0.107. The lowest BCUT2D eigenvalue weighted by Gasteiger charge is -2.21. The van der Waals surface area contributed by atoms with Gasteiger partial charge in [0.25, 0.3) is 0 Å². The van der Waals surface area contributed by atoms with Gasteiger partial charge in [-0.15, -0.1) is 0 Å². The molecule has 5 atom stereocenters. The first-order chi connectivity index (χ1) is 43.9. The van der Waals surface area contributed by atoms with Crippen LogP contribution in [0.5, 0.6) is 0 Å². The predicted octanol–water partition coefficient (Wildman–Crippen LogP) is 20.8. The summed E-state index contributed by atoms with van der Waals surface area (Å²) in [5, 5.41) is 10.6. The Bertz CT molecular complexity index is 1770. The van der Waals surface area contributed by atoms with Crippen LogP contribution in [-0.4, -0.2) is 96.7 Å². The maximum Gasteiger partial charge on any atom is 0.472 e. The Morgan fingerprint density at radius 2 is 0.505 bits per heavy atom. The third-order valence-electron chi connectivity index (χ3n) is 16.7. The summed E-state index contributed by atoms with van der Waals surface area (Å²) in [6.07, 6.45) is 49.8. The summed E-state index contributed by atoms with van der Waals surface area (Å²) in [7, 11) is -9.90. The topological polar surface area (TPSA) is 237 Å². The van der Waals surface area contributed by atoms with E-state index < -0.39 is 97.5 Å². The standard InChI is InChI=1S/C72H140O17P2/c1-7-9-11-13-15-17-18-19-25-32-38-44-50-56-71(76)88-67(60-82-69(74)54-48-42-36-28-16-14-12-10-8-2)62-86-90(78,79)84-58-66(73)59-85-91(80,81)87-63-68(61-83-70(75)55-49-43-37-31-27-22-24-30-35-41-47-53-65(5)6)89-72(77)57-51-45-39-33-26-21-20-23-29-34-40-46-52-64(3)4/h64-68,73H,7-63H2,1-6H3,(H,78,79)(H,80,81)/t66-,67+,68+/m0/s1. The summed E-state index contributed by atoms with van der Waals surface area (Å²) in [5.74, 6) is -0.573. The molecule has 0 spiro atoms. The van der Waals surface area contributed by atoms with Crippen LogP contribution >= 0.6 is 15.6 Å². The van der Waals surface area contributed by atoms with Crippen molar-refractivity contribution in [3.63, 3.8) is 0 Å². The molecule has 3 N–H and O–H groups in total. The number of hydrogen-bond donors (Lipinski definition) is 3. The second-order valence-electron chi connectivity index (χ2n) is 26.9. The van der Waals surface area contributed by atoms with Crippen molar-refractivity contribution in [1.29, 1.82) is 0 Å². The fourth-order valence-corrected chi connectivity index (χ4v) is 12.5. The van der Waals surface area contributed by atoms with E-state index in [1.54, 1.807) is 0 Å². The zero-order valence-electron chi connectivity index (χ0n) is 59.1. The molecule has 0 fully saturated rings. The highest BCUT2D eigenvalue weighted by molar-refractivity contribution is 7.47. The van der Waals surface area contributed by atoms with Gasteiger partial charge in [-0.05, 0) is 37.5 Å². The Labute approximate surface area is 556 Å². The summed E-state index contributed by atoms with van der Waals surface area (Å²) >= 11 is 0. The smallest absolute Gasteiger partial charge is 0.462 e. The number of hydrogen-bond acceptors (Lipinski definition) is 15. The molecule has 0 saturated heterocycles. The van der Waals surface area contributed by atoms with Crippen molar-refractivity contribution in [2.75, 3.05) is 39.6 Å². The fourth-order valence-electron chi connectivity index (χ4n) is 10.9. The summed E-state index contributed by atoms with van der Waals surface area (Å²) in [6.45, 7) is 9.57. The SMILES string of the molecule is CCCCCCCCCCCCCCCC(=O)O[C@H](COC(=O)CCCCCCCCCCC)COP(=O)(O)OC[C@H](O)COP(=O)(O)OC[C@@H](COC(=O)CCCCCCCCCCCCCC(C)C)OC(=O)CCCCCCCCCCCCCCC(C)C. The number of esters is 4. The van der Waals surface area contributed by atoms with Gasteiger partial charge in [-0.25, -0.2) is 9.13 Å². The van der Waals surface area contributed by atoms with Gasteiger partial charge >= 0.3 is 39.5 Å². The zero-order valence-corrected chi connectivity index (χ0v) is 60.9. The highest BCUT2D eigenvalue weighted by atomic mass is 31.2. The van der Waals surface area contributed by atoms with Gasteiger partial charge in [0.05, 0.1) is 26.4 Å². The molecular formula is C72H140O17P2. The van der Waals surface area contributed by atoms with Crippen molar-refractivity contribution in [2.24, 2.45) is 11.8 Å². The lowest BCUT2D eigenvalue weighted by atomic mass is 10.0. The van der Waals surface area contributed by atoms with Crippen LogP contribution < -0.4 is 0 Å². The third kappa shape index (κ3) is 66.5. The molecule has 0 aromatic heterocycles. The van der Waals surface area contributed by atoms with Gasteiger partial charge in [0.15, 0.2) is 12.2 Å². The number of phosphoric acid groups is 2. The normalized spacial score (nSPS) is 14.1. The highest BCUT2D eigenvalue weighted by Gasteiger charge is 2.30. The van der Waals surface area contributed by atoms with Crippen molar-refractivity contribution in [1.82, 2.24) is 0 Å². The summed E-state index contributed by atoms with van der Waals surface area (Å²) in [6, 6.07) is 0. The van der Waals surface area contributed by atoms with Crippen LogP contribution in [0, 0.1) is 11.8 Å². The van der Waals surface area contributed by atoms with E-state index in [0.29, 0.717) is 25.7 Å². The molecule has 19 heteroatoms. The van der Waals surface area contributed by atoms with Gasteiger partial charge < -0.3 is 33.8 Å². The molecule has 0 aliphatic carbocycles. The Balaban J connectivity index is 5.24. The van der Waals surface area contributed by atoms with E-state index in [9.17, 15) is 43.2 Å². The van der Waals surface area contributed by atoms with Gasteiger partial charge in [0.2, 0.25) is 0 Å². The average Bonchev–Trinajstić information content (AvgIpc) is 2.07. The number of unbranched alkanes of at least 4 members (excludes halogenated alkanes) is 41. The Morgan fingerprint density at radius 1 is 0.297 bits per heavy atom. The molecule has 0 aromatic carbocycles. The second-order valence-corrected chi connectivity index (χ2v) is 29.8. The lowest BCUT2D eigenvalue weighted by Crippen LogP contribution is -2.30. The number of aliphatic hydroxyl groups is 1. The summed E-state index contributed by atoms with van der Waals surface area (Å²) in [4.78, 5) is 72.6.